The second-order valence-corrected chi connectivity index (χ2v) is 8.33. The van der Waals surface area contributed by atoms with Crippen molar-refractivity contribution < 1.29 is 4.42 Å². The van der Waals surface area contributed by atoms with E-state index in [1.807, 2.05) is 0 Å². The number of aromatic nitrogens is 3. The highest BCUT2D eigenvalue weighted by molar-refractivity contribution is 5.42. The first-order valence-corrected chi connectivity index (χ1v) is 9.17. The zero-order chi connectivity index (χ0) is 17.6. The van der Waals surface area contributed by atoms with E-state index >= 15 is 0 Å². The van der Waals surface area contributed by atoms with Crippen LogP contribution < -0.4 is 4.90 Å². The largest absolute Gasteiger partial charge is 0.444 e. The summed E-state index contributed by atoms with van der Waals surface area (Å²) in [5.74, 6) is 2.93. The molecule has 0 bridgehead atoms. The van der Waals surface area contributed by atoms with Crippen LogP contribution in [0.5, 0.6) is 0 Å². The molecule has 0 aromatic carbocycles. The average molecular weight is 341 g/mol. The molecule has 6 nitrogen and oxygen atoms in total. The van der Waals surface area contributed by atoms with Gasteiger partial charge in [-0.2, -0.15) is 5.10 Å². The normalized spacial score (nSPS) is 17.9. The van der Waals surface area contributed by atoms with Crippen LogP contribution in [0, 0.1) is 0 Å². The predicted molar refractivity (Wildman–Crippen MR) is 96.7 cm³/mol. The molecular formula is C19H27N5O. The first-order valence-electron chi connectivity index (χ1n) is 9.17. The summed E-state index contributed by atoms with van der Waals surface area (Å²) in [6.07, 6.45) is 3.30. The number of hydrogen-bond acceptors (Lipinski definition) is 6. The Labute approximate surface area is 149 Å². The zero-order valence-electron chi connectivity index (χ0n) is 15.6. The monoisotopic (exact) mass is 341 g/mol. The van der Waals surface area contributed by atoms with Gasteiger partial charge in [-0.05, 0) is 32.0 Å². The Balaban J connectivity index is 1.32. The lowest BCUT2D eigenvalue weighted by molar-refractivity contribution is 0.179. The molecule has 2 aromatic heterocycles. The summed E-state index contributed by atoms with van der Waals surface area (Å²) < 4.78 is 5.88. The number of anilines is 1. The summed E-state index contributed by atoms with van der Waals surface area (Å²) in [4.78, 5) is 9.24. The highest BCUT2D eigenvalue weighted by Crippen LogP contribution is 2.26. The molecule has 2 aromatic rings. The third kappa shape index (κ3) is 3.27. The quantitative estimate of drug-likeness (QED) is 0.852. The van der Waals surface area contributed by atoms with Gasteiger partial charge in [0.2, 0.25) is 5.89 Å². The van der Waals surface area contributed by atoms with Crippen molar-refractivity contribution in [3.63, 3.8) is 0 Å². The van der Waals surface area contributed by atoms with Crippen LogP contribution in [-0.4, -0.2) is 46.3 Å². The van der Waals surface area contributed by atoms with Crippen molar-refractivity contribution in [2.24, 2.45) is 0 Å². The molecule has 1 fully saturated rings. The van der Waals surface area contributed by atoms with Gasteiger partial charge in [-0.1, -0.05) is 20.8 Å². The van der Waals surface area contributed by atoms with E-state index in [0.29, 0.717) is 6.04 Å². The second-order valence-electron chi connectivity index (χ2n) is 8.33. The molecule has 0 atom stereocenters. The van der Waals surface area contributed by atoms with Crippen molar-refractivity contribution in [3.8, 4) is 0 Å². The molecule has 0 spiro atoms. The molecule has 2 aliphatic rings. The molecular weight excluding hydrogens is 314 g/mol. The molecule has 0 N–H and O–H groups in total. The maximum atomic E-state index is 5.88. The molecule has 134 valence electrons. The zero-order valence-corrected chi connectivity index (χ0v) is 15.6. The van der Waals surface area contributed by atoms with Crippen molar-refractivity contribution in [1.82, 2.24) is 20.1 Å². The number of nitrogens with zero attached hydrogens (tertiary/aromatic N) is 5. The number of oxazole rings is 1. The molecule has 3 heterocycles. The lowest BCUT2D eigenvalue weighted by Crippen LogP contribution is -2.58. The van der Waals surface area contributed by atoms with E-state index in [9.17, 15) is 0 Å². The molecule has 1 aliphatic heterocycles. The summed E-state index contributed by atoms with van der Waals surface area (Å²) in [6, 6.07) is 4.68. The van der Waals surface area contributed by atoms with Crippen molar-refractivity contribution in [2.45, 2.75) is 58.0 Å². The highest BCUT2D eigenvalue weighted by Gasteiger charge is 2.32. The lowest BCUT2D eigenvalue weighted by Gasteiger charge is -2.44. The standard InChI is InChI=1S/C19H27N5O/c1-19(2,3)16-8-9-17(22-21-16)24-10-13(11-24)23(4)12-18-20-14-6-5-7-15(14)25-18/h8-9,13H,5-7,10-12H2,1-4H3. The minimum atomic E-state index is 0.0412. The molecule has 1 aliphatic carbocycles. The van der Waals surface area contributed by atoms with E-state index in [2.05, 4.69) is 64.9 Å². The molecule has 1 saturated heterocycles. The van der Waals surface area contributed by atoms with E-state index in [4.69, 9.17) is 4.42 Å². The fourth-order valence-corrected chi connectivity index (χ4v) is 3.47. The van der Waals surface area contributed by atoms with E-state index in [0.717, 1.165) is 55.6 Å². The van der Waals surface area contributed by atoms with Crippen molar-refractivity contribution in [1.29, 1.82) is 0 Å². The summed E-state index contributed by atoms with van der Waals surface area (Å²) in [5, 5.41) is 8.79. The third-order valence-electron chi connectivity index (χ3n) is 5.25. The maximum absolute atomic E-state index is 5.88. The molecule has 0 unspecified atom stereocenters. The summed E-state index contributed by atoms with van der Waals surface area (Å²) in [5.41, 5.74) is 2.25. The first-order chi connectivity index (χ1) is 11.9. The van der Waals surface area contributed by atoms with Gasteiger partial charge in [-0.25, -0.2) is 4.98 Å². The van der Waals surface area contributed by atoms with E-state index in [1.54, 1.807) is 0 Å². The number of aryl methyl sites for hydroxylation is 2. The highest BCUT2D eigenvalue weighted by atomic mass is 16.4. The molecule has 0 radical (unpaired) electrons. The van der Waals surface area contributed by atoms with E-state index < -0.39 is 0 Å². The van der Waals surface area contributed by atoms with Crippen LogP contribution in [0.3, 0.4) is 0 Å². The Morgan fingerprint density at radius 3 is 2.64 bits per heavy atom. The van der Waals surface area contributed by atoms with Gasteiger partial charge in [0.05, 0.1) is 17.9 Å². The van der Waals surface area contributed by atoms with Crippen LogP contribution in [-0.2, 0) is 24.8 Å². The predicted octanol–water partition coefficient (Wildman–Crippen LogP) is 2.57. The average Bonchev–Trinajstić information content (AvgIpc) is 3.06. The van der Waals surface area contributed by atoms with Crippen LogP contribution >= 0.6 is 0 Å². The fourth-order valence-electron chi connectivity index (χ4n) is 3.47. The SMILES string of the molecule is CN(Cc1nc2c(o1)CCC2)C1CN(c2ccc(C(C)(C)C)nn2)C1. The first kappa shape index (κ1) is 16.5. The van der Waals surface area contributed by atoms with Crippen LogP contribution in [0.4, 0.5) is 5.82 Å². The van der Waals surface area contributed by atoms with Gasteiger partial charge in [0.25, 0.3) is 0 Å². The van der Waals surface area contributed by atoms with E-state index in [1.165, 1.54) is 12.1 Å². The number of rotatable bonds is 4. The summed E-state index contributed by atoms with van der Waals surface area (Å²) in [6.45, 7) is 9.19. The number of fused-ring (bicyclic) bond motifs is 1. The molecule has 4 rings (SSSR count). The van der Waals surface area contributed by atoms with Crippen LogP contribution in [0.25, 0.3) is 0 Å². The number of likely N-dealkylation sites (N-methyl/N-ethyl adjacent to an activating group) is 1. The Hall–Kier alpha value is -1.95. The van der Waals surface area contributed by atoms with Crippen LogP contribution in [0.2, 0.25) is 0 Å². The maximum Gasteiger partial charge on any atom is 0.208 e. The van der Waals surface area contributed by atoms with Gasteiger partial charge in [0.1, 0.15) is 5.76 Å². The Bertz CT molecular complexity index is 719. The van der Waals surface area contributed by atoms with Crippen molar-refractivity contribution >= 4 is 5.82 Å². The van der Waals surface area contributed by atoms with Gasteiger partial charge >= 0.3 is 0 Å². The minimum Gasteiger partial charge on any atom is -0.444 e. The fraction of sp³-hybridized carbons (Fsp3) is 0.632. The third-order valence-corrected chi connectivity index (χ3v) is 5.25. The summed E-state index contributed by atoms with van der Waals surface area (Å²) >= 11 is 0. The van der Waals surface area contributed by atoms with Crippen molar-refractivity contribution in [3.05, 3.63) is 35.2 Å². The van der Waals surface area contributed by atoms with Crippen molar-refractivity contribution in [2.75, 3.05) is 25.0 Å². The molecule has 0 amide bonds. The van der Waals surface area contributed by atoms with Gasteiger partial charge in [0, 0.05) is 31.0 Å². The second kappa shape index (κ2) is 6.09. The topological polar surface area (TPSA) is 58.3 Å². The van der Waals surface area contributed by atoms with Gasteiger partial charge in [-0.3, -0.25) is 4.90 Å². The Morgan fingerprint density at radius 1 is 1.20 bits per heavy atom. The lowest BCUT2D eigenvalue weighted by atomic mass is 9.92. The Morgan fingerprint density at radius 2 is 2.00 bits per heavy atom. The minimum absolute atomic E-state index is 0.0412. The smallest absolute Gasteiger partial charge is 0.208 e. The van der Waals surface area contributed by atoms with Crippen LogP contribution in [0.15, 0.2) is 16.5 Å². The molecule has 25 heavy (non-hydrogen) atoms. The number of hydrogen-bond donors (Lipinski definition) is 0. The molecule has 0 saturated carbocycles. The Kier molecular flexibility index (Phi) is 4.02. The molecule has 6 heteroatoms. The van der Waals surface area contributed by atoms with Gasteiger partial charge in [0.15, 0.2) is 5.82 Å². The summed E-state index contributed by atoms with van der Waals surface area (Å²) in [7, 11) is 2.14. The van der Waals surface area contributed by atoms with Gasteiger partial charge in [-0.15, -0.1) is 5.10 Å². The van der Waals surface area contributed by atoms with E-state index in [-0.39, 0.29) is 5.41 Å². The van der Waals surface area contributed by atoms with Gasteiger partial charge < -0.3 is 9.32 Å². The van der Waals surface area contributed by atoms with Crippen LogP contribution in [0.1, 0.15) is 50.2 Å².